The van der Waals surface area contributed by atoms with Crippen LogP contribution in [0.25, 0.3) is 10.8 Å². The van der Waals surface area contributed by atoms with Crippen molar-refractivity contribution in [3.8, 4) is 5.75 Å². The summed E-state index contributed by atoms with van der Waals surface area (Å²) in [5.41, 5.74) is 6.44. The van der Waals surface area contributed by atoms with Crippen LogP contribution in [-0.2, 0) is 4.79 Å². The van der Waals surface area contributed by atoms with E-state index in [1.807, 2.05) is 30.3 Å². The van der Waals surface area contributed by atoms with Gasteiger partial charge in [-0.3, -0.25) is 14.4 Å². The molecular weight excluding hydrogens is 332 g/mol. The van der Waals surface area contributed by atoms with Gasteiger partial charge >= 0.3 is 0 Å². The minimum Gasteiger partial charge on any atom is -0.483 e. The third-order valence-electron chi connectivity index (χ3n) is 3.86. The average Bonchev–Trinajstić information content (AvgIpc) is 2.66. The summed E-state index contributed by atoms with van der Waals surface area (Å²) in [4.78, 5) is 34.5. The summed E-state index contributed by atoms with van der Waals surface area (Å²) in [6, 6.07) is 17.1. The molecule has 0 bridgehead atoms. The van der Waals surface area contributed by atoms with Crippen LogP contribution in [0.5, 0.6) is 5.75 Å². The van der Waals surface area contributed by atoms with Crippen molar-refractivity contribution in [2.45, 2.75) is 0 Å². The SMILES string of the molecule is NC(=O)c1ccc(NC(=O)COc2ccc3ccccc3c2C=O)cc1. The number of fused-ring (bicyclic) bond motifs is 1. The lowest BCUT2D eigenvalue weighted by atomic mass is 10.0. The van der Waals surface area contributed by atoms with Gasteiger partial charge in [0.25, 0.3) is 5.91 Å². The quantitative estimate of drug-likeness (QED) is 0.669. The van der Waals surface area contributed by atoms with Gasteiger partial charge in [-0.05, 0) is 41.1 Å². The summed E-state index contributed by atoms with van der Waals surface area (Å²) in [6.45, 7) is -0.253. The maximum atomic E-state index is 12.1. The number of ether oxygens (including phenoxy) is 1. The minimum atomic E-state index is -0.538. The highest BCUT2D eigenvalue weighted by atomic mass is 16.5. The molecule has 0 unspecified atom stereocenters. The summed E-state index contributed by atoms with van der Waals surface area (Å²) in [5.74, 6) is -0.580. The van der Waals surface area contributed by atoms with E-state index in [4.69, 9.17) is 10.5 Å². The third kappa shape index (κ3) is 3.70. The number of amides is 2. The molecule has 3 aromatic carbocycles. The largest absolute Gasteiger partial charge is 0.483 e. The number of anilines is 1. The monoisotopic (exact) mass is 348 g/mol. The molecule has 130 valence electrons. The first-order valence-electron chi connectivity index (χ1n) is 7.88. The molecule has 26 heavy (non-hydrogen) atoms. The topological polar surface area (TPSA) is 98.5 Å². The first-order valence-corrected chi connectivity index (χ1v) is 7.88. The van der Waals surface area contributed by atoms with Crippen LogP contribution in [0, 0.1) is 0 Å². The molecule has 0 saturated carbocycles. The Kier molecular flexibility index (Phi) is 4.94. The van der Waals surface area contributed by atoms with Gasteiger partial charge in [-0.1, -0.05) is 30.3 Å². The van der Waals surface area contributed by atoms with Gasteiger partial charge < -0.3 is 15.8 Å². The Hall–Kier alpha value is -3.67. The number of carbonyl (C=O) groups excluding carboxylic acids is 3. The zero-order valence-corrected chi connectivity index (χ0v) is 13.8. The summed E-state index contributed by atoms with van der Waals surface area (Å²) >= 11 is 0. The van der Waals surface area contributed by atoms with Crippen LogP contribution in [0.4, 0.5) is 5.69 Å². The van der Waals surface area contributed by atoms with Crippen LogP contribution in [0.3, 0.4) is 0 Å². The molecule has 3 N–H and O–H groups in total. The van der Waals surface area contributed by atoms with Crippen LogP contribution in [0.1, 0.15) is 20.7 Å². The standard InChI is InChI=1S/C20H16N2O4/c21-20(25)14-5-8-15(9-6-14)22-19(24)12-26-18-10-7-13-3-1-2-4-16(13)17(18)11-23/h1-11H,12H2,(H2,21,25)(H,22,24). The van der Waals surface area contributed by atoms with Gasteiger partial charge in [-0.15, -0.1) is 0 Å². The van der Waals surface area contributed by atoms with Crippen LogP contribution in [-0.4, -0.2) is 24.7 Å². The molecule has 0 saturated heterocycles. The fourth-order valence-corrected chi connectivity index (χ4v) is 2.58. The second kappa shape index (κ2) is 7.48. The van der Waals surface area contributed by atoms with Crippen molar-refractivity contribution in [3.05, 3.63) is 71.8 Å². The molecule has 0 aromatic heterocycles. The molecule has 6 nitrogen and oxygen atoms in total. The fourth-order valence-electron chi connectivity index (χ4n) is 2.58. The number of nitrogens with one attached hydrogen (secondary N) is 1. The number of nitrogens with two attached hydrogens (primary N) is 1. The van der Waals surface area contributed by atoms with Crippen molar-refractivity contribution in [2.75, 3.05) is 11.9 Å². The molecule has 0 heterocycles. The molecule has 0 atom stereocenters. The molecule has 6 heteroatoms. The highest BCUT2D eigenvalue weighted by Crippen LogP contribution is 2.26. The van der Waals surface area contributed by atoms with E-state index in [-0.39, 0.29) is 12.5 Å². The first kappa shape index (κ1) is 17.2. The van der Waals surface area contributed by atoms with Crippen molar-refractivity contribution in [1.29, 1.82) is 0 Å². The lowest BCUT2D eigenvalue weighted by molar-refractivity contribution is -0.118. The minimum absolute atomic E-state index is 0.253. The third-order valence-corrected chi connectivity index (χ3v) is 3.86. The number of benzene rings is 3. The Bertz CT molecular complexity index is 981. The van der Waals surface area contributed by atoms with Crippen molar-refractivity contribution in [1.82, 2.24) is 0 Å². The maximum Gasteiger partial charge on any atom is 0.262 e. The van der Waals surface area contributed by atoms with E-state index in [1.54, 1.807) is 18.2 Å². The van der Waals surface area contributed by atoms with E-state index in [2.05, 4.69) is 5.32 Å². The Balaban J connectivity index is 1.68. The highest BCUT2D eigenvalue weighted by Gasteiger charge is 2.10. The summed E-state index contributed by atoms with van der Waals surface area (Å²) in [6.07, 6.45) is 0.720. The molecule has 0 aliphatic heterocycles. The molecule has 0 radical (unpaired) electrons. The van der Waals surface area contributed by atoms with E-state index in [0.717, 1.165) is 17.1 Å². The number of hydrogen-bond donors (Lipinski definition) is 2. The Labute approximate surface area is 149 Å². The van der Waals surface area contributed by atoms with E-state index < -0.39 is 5.91 Å². The number of primary amides is 1. The van der Waals surface area contributed by atoms with Crippen molar-refractivity contribution in [3.63, 3.8) is 0 Å². The molecular formula is C20H16N2O4. The van der Waals surface area contributed by atoms with Crippen molar-refractivity contribution < 1.29 is 19.1 Å². The first-order chi connectivity index (χ1) is 12.6. The predicted octanol–water partition coefficient (Wildman–Crippen LogP) is 2.77. The molecule has 3 rings (SSSR count). The van der Waals surface area contributed by atoms with Crippen LogP contribution in [0.2, 0.25) is 0 Å². The van der Waals surface area contributed by atoms with Gasteiger partial charge in [0.2, 0.25) is 5.91 Å². The van der Waals surface area contributed by atoms with Gasteiger partial charge in [0, 0.05) is 11.3 Å². The molecule has 0 aliphatic rings. The second-order valence-electron chi connectivity index (χ2n) is 5.59. The van der Waals surface area contributed by atoms with Crippen molar-refractivity contribution >= 4 is 34.6 Å². The Morgan fingerprint density at radius 2 is 1.73 bits per heavy atom. The van der Waals surface area contributed by atoms with Gasteiger partial charge in [0.05, 0.1) is 5.56 Å². The molecule has 0 spiro atoms. The predicted molar refractivity (Wildman–Crippen MR) is 98.4 cm³/mol. The van der Waals surface area contributed by atoms with E-state index >= 15 is 0 Å². The molecule has 2 amide bonds. The van der Waals surface area contributed by atoms with Gasteiger partial charge in [-0.25, -0.2) is 0 Å². The van der Waals surface area contributed by atoms with Crippen LogP contribution in [0.15, 0.2) is 60.7 Å². The smallest absolute Gasteiger partial charge is 0.262 e. The van der Waals surface area contributed by atoms with Crippen LogP contribution < -0.4 is 15.8 Å². The lowest BCUT2D eigenvalue weighted by Gasteiger charge is -2.11. The maximum absolute atomic E-state index is 12.1. The Morgan fingerprint density at radius 3 is 2.42 bits per heavy atom. The van der Waals surface area contributed by atoms with E-state index in [0.29, 0.717) is 22.6 Å². The lowest BCUT2D eigenvalue weighted by Crippen LogP contribution is -2.20. The zero-order valence-electron chi connectivity index (χ0n) is 13.8. The fraction of sp³-hybridized carbons (Fsp3) is 0.0500. The van der Waals surface area contributed by atoms with Gasteiger partial charge in [0.1, 0.15) is 5.75 Å². The number of hydrogen-bond acceptors (Lipinski definition) is 4. The van der Waals surface area contributed by atoms with Crippen LogP contribution >= 0.6 is 0 Å². The van der Waals surface area contributed by atoms with Gasteiger partial charge in [-0.2, -0.15) is 0 Å². The van der Waals surface area contributed by atoms with E-state index in [1.165, 1.54) is 12.1 Å². The van der Waals surface area contributed by atoms with Crippen molar-refractivity contribution in [2.24, 2.45) is 5.73 Å². The number of rotatable bonds is 6. The number of carbonyl (C=O) groups is 3. The molecule has 3 aromatic rings. The summed E-state index contributed by atoms with van der Waals surface area (Å²) in [5, 5.41) is 4.33. The Morgan fingerprint density at radius 1 is 1.00 bits per heavy atom. The normalized spacial score (nSPS) is 10.3. The number of aldehydes is 1. The zero-order chi connectivity index (χ0) is 18.5. The van der Waals surface area contributed by atoms with Gasteiger partial charge in [0.15, 0.2) is 12.9 Å². The summed E-state index contributed by atoms with van der Waals surface area (Å²) in [7, 11) is 0. The summed E-state index contributed by atoms with van der Waals surface area (Å²) < 4.78 is 5.51. The van der Waals surface area contributed by atoms with E-state index in [9.17, 15) is 14.4 Å². The average molecular weight is 348 g/mol. The molecule has 0 fully saturated rings. The second-order valence-corrected chi connectivity index (χ2v) is 5.59. The molecule has 0 aliphatic carbocycles. The highest BCUT2D eigenvalue weighted by molar-refractivity contribution is 6.01.